The van der Waals surface area contributed by atoms with Crippen LogP contribution in [-0.4, -0.2) is 52.5 Å². The second-order valence-electron chi connectivity index (χ2n) is 3.32. The third kappa shape index (κ3) is 2.62. The van der Waals surface area contributed by atoms with Gasteiger partial charge in [0, 0.05) is 19.3 Å². The average molecular weight is 218 g/mol. The lowest BCUT2D eigenvalue weighted by atomic mass is 10.4. The summed E-state index contributed by atoms with van der Waals surface area (Å²) in [7, 11) is 1.75. The van der Waals surface area contributed by atoms with Crippen LogP contribution in [0.2, 0.25) is 0 Å². The van der Waals surface area contributed by atoms with Crippen molar-refractivity contribution in [3.63, 3.8) is 0 Å². The van der Waals surface area contributed by atoms with E-state index in [1.807, 2.05) is 0 Å². The summed E-state index contributed by atoms with van der Waals surface area (Å²) in [5, 5.41) is 8.43. The van der Waals surface area contributed by atoms with Crippen LogP contribution in [0.25, 0.3) is 0 Å². The summed E-state index contributed by atoms with van der Waals surface area (Å²) in [6, 6.07) is -0.876. The third-order valence-corrected chi connectivity index (χ3v) is 3.56. The van der Waals surface area contributed by atoms with E-state index in [1.165, 1.54) is 11.8 Å². The Labute approximate surface area is 86.6 Å². The Kier molecular flexibility index (Phi) is 3.77. The van der Waals surface area contributed by atoms with Gasteiger partial charge in [0.05, 0.1) is 5.25 Å². The topological polar surface area (TPSA) is 83.6 Å². The first-order chi connectivity index (χ1) is 6.52. The van der Waals surface area contributed by atoms with Gasteiger partial charge in [-0.3, -0.25) is 9.59 Å². The molecule has 1 rings (SSSR count). The molecule has 1 amide bonds. The van der Waals surface area contributed by atoms with Crippen LogP contribution in [0.15, 0.2) is 0 Å². The maximum Gasteiger partial charge on any atom is 0.321 e. The second-order valence-corrected chi connectivity index (χ2v) is 4.55. The van der Waals surface area contributed by atoms with Crippen LogP contribution >= 0.6 is 11.8 Å². The maximum atomic E-state index is 11.4. The summed E-state index contributed by atoms with van der Waals surface area (Å²) in [6.07, 6.45) is 0.784. The molecule has 0 spiro atoms. The standard InChI is InChI=1S/C8H14N2O3S/c1-10-3-2-6(7(10)11)14-4-5(9)8(12)13/h5-6H,2-4,9H2,1H3,(H,12,13). The van der Waals surface area contributed by atoms with Crippen molar-refractivity contribution in [3.05, 3.63) is 0 Å². The maximum absolute atomic E-state index is 11.4. The molecule has 6 heteroatoms. The minimum Gasteiger partial charge on any atom is -0.480 e. The first-order valence-electron chi connectivity index (χ1n) is 4.37. The third-order valence-electron chi connectivity index (χ3n) is 2.17. The van der Waals surface area contributed by atoms with Gasteiger partial charge < -0.3 is 15.7 Å². The predicted octanol–water partition coefficient (Wildman–Crippen LogP) is -0.638. The van der Waals surface area contributed by atoms with E-state index in [0.717, 1.165) is 13.0 Å². The number of aliphatic carboxylic acids is 1. The fraction of sp³-hybridized carbons (Fsp3) is 0.750. The predicted molar refractivity (Wildman–Crippen MR) is 54.1 cm³/mol. The molecule has 1 aliphatic heterocycles. The van der Waals surface area contributed by atoms with E-state index >= 15 is 0 Å². The van der Waals surface area contributed by atoms with Gasteiger partial charge in [0.25, 0.3) is 0 Å². The number of thioether (sulfide) groups is 1. The van der Waals surface area contributed by atoms with Crippen LogP contribution in [0.3, 0.4) is 0 Å². The summed E-state index contributed by atoms with van der Waals surface area (Å²) in [4.78, 5) is 23.5. The van der Waals surface area contributed by atoms with Crippen LogP contribution in [0.4, 0.5) is 0 Å². The smallest absolute Gasteiger partial charge is 0.321 e. The Morgan fingerprint density at radius 1 is 1.86 bits per heavy atom. The molecule has 0 aromatic carbocycles. The SMILES string of the molecule is CN1CCC(SCC(N)C(=O)O)C1=O. The quantitative estimate of drug-likeness (QED) is 0.656. The van der Waals surface area contributed by atoms with Gasteiger partial charge in [-0.25, -0.2) is 0 Å². The monoisotopic (exact) mass is 218 g/mol. The van der Waals surface area contributed by atoms with E-state index in [2.05, 4.69) is 0 Å². The van der Waals surface area contributed by atoms with Gasteiger partial charge in [-0.1, -0.05) is 0 Å². The van der Waals surface area contributed by atoms with E-state index in [-0.39, 0.29) is 11.2 Å². The Hall–Kier alpha value is -0.750. The highest BCUT2D eigenvalue weighted by Crippen LogP contribution is 2.23. The van der Waals surface area contributed by atoms with Gasteiger partial charge in [0.1, 0.15) is 6.04 Å². The summed E-state index contributed by atoms with van der Waals surface area (Å²) < 4.78 is 0. The van der Waals surface area contributed by atoms with E-state index < -0.39 is 12.0 Å². The van der Waals surface area contributed by atoms with Crippen molar-refractivity contribution in [2.45, 2.75) is 17.7 Å². The lowest BCUT2D eigenvalue weighted by Gasteiger charge is -2.11. The summed E-state index contributed by atoms with van der Waals surface area (Å²) in [5.74, 6) is -0.650. The lowest BCUT2D eigenvalue weighted by Crippen LogP contribution is -2.34. The summed E-state index contributed by atoms with van der Waals surface area (Å²) >= 11 is 1.34. The van der Waals surface area contributed by atoms with E-state index in [4.69, 9.17) is 10.8 Å². The van der Waals surface area contributed by atoms with Crippen molar-refractivity contribution in [1.29, 1.82) is 0 Å². The number of carboxylic acids is 1. The average Bonchev–Trinajstić information content (AvgIpc) is 2.44. The molecule has 0 aromatic rings. The number of nitrogens with two attached hydrogens (primary N) is 1. The van der Waals surface area contributed by atoms with Crippen molar-refractivity contribution >= 4 is 23.6 Å². The Bertz CT molecular complexity index is 247. The normalized spacial score (nSPS) is 24.0. The number of carbonyl (C=O) groups is 2. The minimum absolute atomic E-state index is 0.0765. The fourth-order valence-electron chi connectivity index (χ4n) is 1.24. The number of carbonyl (C=O) groups excluding carboxylic acids is 1. The van der Waals surface area contributed by atoms with Gasteiger partial charge in [0.2, 0.25) is 5.91 Å². The van der Waals surface area contributed by atoms with Crippen LogP contribution in [0.5, 0.6) is 0 Å². The molecule has 0 saturated carbocycles. The van der Waals surface area contributed by atoms with Crippen LogP contribution in [0.1, 0.15) is 6.42 Å². The van der Waals surface area contributed by atoms with Crippen molar-refractivity contribution in [3.8, 4) is 0 Å². The minimum atomic E-state index is -1.02. The zero-order valence-electron chi connectivity index (χ0n) is 7.97. The van der Waals surface area contributed by atoms with Gasteiger partial charge in [-0.2, -0.15) is 0 Å². The number of nitrogens with zero attached hydrogens (tertiary/aromatic N) is 1. The van der Waals surface area contributed by atoms with Crippen LogP contribution < -0.4 is 5.73 Å². The zero-order valence-corrected chi connectivity index (χ0v) is 8.79. The first-order valence-corrected chi connectivity index (χ1v) is 5.42. The molecule has 0 bridgehead atoms. The second kappa shape index (κ2) is 4.65. The zero-order chi connectivity index (χ0) is 10.7. The molecule has 5 nitrogen and oxygen atoms in total. The van der Waals surface area contributed by atoms with Crippen LogP contribution in [0, 0.1) is 0 Å². The van der Waals surface area contributed by atoms with Crippen molar-refractivity contribution in [1.82, 2.24) is 4.90 Å². The Morgan fingerprint density at radius 3 is 2.93 bits per heavy atom. The molecular weight excluding hydrogens is 204 g/mol. The number of rotatable bonds is 4. The van der Waals surface area contributed by atoms with Crippen LogP contribution in [-0.2, 0) is 9.59 Å². The van der Waals surface area contributed by atoms with E-state index in [1.54, 1.807) is 11.9 Å². The van der Waals surface area contributed by atoms with Crippen molar-refractivity contribution in [2.75, 3.05) is 19.3 Å². The molecule has 2 atom stereocenters. The molecule has 3 N–H and O–H groups in total. The Balaban J connectivity index is 2.32. The highest BCUT2D eigenvalue weighted by atomic mass is 32.2. The number of likely N-dealkylation sites (tertiary alicyclic amines) is 1. The van der Waals surface area contributed by atoms with Gasteiger partial charge in [-0.05, 0) is 6.42 Å². The molecular formula is C8H14N2O3S. The molecule has 0 radical (unpaired) electrons. The van der Waals surface area contributed by atoms with E-state index in [0.29, 0.717) is 5.75 Å². The first kappa shape index (κ1) is 11.3. The largest absolute Gasteiger partial charge is 0.480 e. The molecule has 2 unspecified atom stereocenters. The van der Waals surface area contributed by atoms with Gasteiger partial charge >= 0.3 is 5.97 Å². The highest BCUT2D eigenvalue weighted by molar-refractivity contribution is 8.00. The van der Waals surface area contributed by atoms with Crippen molar-refractivity contribution < 1.29 is 14.7 Å². The Morgan fingerprint density at radius 2 is 2.50 bits per heavy atom. The lowest BCUT2D eigenvalue weighted by molar-refractivity contribution is -0.138. The van der Waals surface area contributed by atoms with E-state index in [9.17, 15) is 9.59 Å². The molecule has 1 heterocycles. The molecule has 80 valence electrons. The highest BCUT2D eigenvalue weighted by Gasteiger charge is 2.30. The summed E-state index contributed by atoms with van der Waals surface area (Å²) in [5.41, 5.74) is 5.33. The molecule has 0 aliphatic carbocycles. The number of amides is 1. The molecule has 1 fully saturated rings. The molecule has 1 saturated heterocycles. The van der Waals surface area contributed by atoms with Gasteiger partial charge in [-0.15, -0.1) is 11.8 Å². The fourth-order valence-corrected chi connectivity index (χ4v) is 2.41. The number of carboxylic acid groups (broad SMARTS) is 1. The number of hydrogen-bond acceptors (Lipinski definition) is 4. The molecule has 1 aliphatic rings. The summed E-state index contributed by atoms with van der Waals surface area (Å²) in [6.45, 7) is 0.749. The number of hydrogen-bond donors (Lipinski definition) is 2. The van der Waals surface area contributed by atoms with Gasteiger partial charge in [0.15, 0.2) is 0 Å². The molecule has 14 heavy (non-hydrogen) atoms. The molecule has 0 aromatic heterocycles. The van der Waals surface area contributed by atoms with Crippen molar-refractivity contribution in [2.24, 2.45) is 5.73 Å².